The standard InChI is InChI=1S/C19H21ClN2O3/c1-2-25-9-8-22-12-14(10-16(20)19(22)24)18(23)21-17-11-15(17)13-6-4-3-5-7-13/h3-7,10,12,15,17H,2,8-9,11H2,1H3,(H,21,23)/t15-,17+/m0/s1. The van der Waals surface area contributed by atoms with Crippen molar-refractivity contribution in [3.63, 3.8) is 0 Å². The summed E-state index contributed by atoms with van der Waals surface area (Å²) >= 11 is 6.00. The van der Waals surface area contributed by atoms with Crippen LogP contribution >= 0.6 is 11.6 Å². The van der Waals surface area contributed by atoms with E-state index in [1.807, 2.05) is 25.1 Å². The zero-order valence-corrected chi connectivity index (χ0v) is 14.8. The molecule has 1 fully saturated rings. The highest BCUT2D eigenvalue weighted by atomic mass is 35.5. The summed E-state index contributed by atoms with van der Waals surface area (Å²) in [6, 6.07) is 11.7. The Morgan fingerprint density at radius 1 is 1.36 bits per heavy atom. The van der Waals surface area contributed by atoms with Crippen molar-refractivity contribution < 1.29 is 9.53 Å². The van der Waals surface area contributed by atoms with Crippen molar-refractivity contribution in [2.45, 2.75) is 31.8 Å². The molecule has 0 aliphatic heterocycles. The number of ether oxygens (including phenoxy) is 1. The molecule has 5 nitrogen and oxygen atoms in total. The fourth-order valence-electron chi connectivity index (χ4n) is 2.87. The van der Waals surface area contributed by atoms with Gasteiger partial charge in [0.1, 0.15) is 5.02 Å². The summed E-state index contributed by atoms with van der Waals surface area (Å²) in [5.74, 6) is 0.139. The van der Waals surface area contributed by atoms with Gasteiger partial charge in [0.2, 0.25) is 0 Å². The topological polar surface area (TPSA) is 60.3 Å². The molecule has 1 saturated carbocycles. The van der Waals surface area contributed by atoms with Gasteiger partial charge in [-0.05, 0) is 25.0 Å². The Bertz CT molecular complexity index is 804. The van der Waals surface area contributed by atoms with Crippen LogP contribution in [0.4, 0.5) is 0 Å². The average molecular weight is 361 g/mol. The first kappa shape index (κ1) is 17.7. The Labute approximate surface area is 151 Å². The summed E-state index contributed by atoms with van der Waals surface area (Å²) in [7, 11) is 0. The van der Waals surface area contributed by atoms with E-state index in [1.54, 1.807) is 6.20 Å². The molecule has 2 atom stereocenters. The molecule has 1 aromatic heterocycles. The van der Waals surface area contributed by atoms with Crippen LogP contribution in [0.1, 0.15) is 35.2 Å². The molecule has 0 spiro atoms. The molecule has 0 bridgehead atoms. The first-order valence-corrected chi connectivity index (χ1v) is 8.81. The first-order chi connectivity index (χ1) is 12.1. The number of hydrogen-bond acceptors (Lipinski definition) is 3. The summed E-state index contributed by atoms with van der Waals surface area (Å²) in [5, 5.41) is 3.06. The molecule has 1 heterocycles. The van der Waals surface area contributed by atoms with Gasteiger partial charge in [0.15, 0.2) is 0 Å². The molecule has 1 N–H and O–H groups in total. The predicted molar refractivity (Wildman–Crippen MR) is 97.3 cm³/mol. The molecule has 6 heteroatoms. The molecular formula is C19H21ClN2O3. The SMILES string of the molecule is CCOCCn1cc(C(=O)N[C@@H]2C[C@H]2c2ccccc2)cc(Cl)c1=O. The van der Waals surface area contributed by atoms with E-state index in [1.165, 1.54) is 16.2 Å². The number of carbonyl (C=O) groups is 1. The maximum Gasteiger partial charge on any atom is 0.269 e. The third kappa shape index (κ3) is 4.30. The van der Waals surface area contributed by atoms with E-state index in [0.29, 0.717) is 31.2 Å². The lowest BCUT2D eigenvalue weighted by molar-refractivity contribution is 0.0948. The largest absolute Gasteiger partial charge is 0.380 e. The lowest BCUT2D eigenvalue weighted by Gasteiger charge is -2.10. The van der Waals surface area contributed by atoms with E-state index >= 15 is 0 Å². The lowest BCUT2D eigenvalue weighted by Crippen LogP contribution is -2.30. The Hall–Kier alpha value is -2.11. The maximum absolute atomic E-state index is 12.5. The second-order valence-corrected chi connectivity index (χ2v) is 6.51. The molecule has 0 radical (unpaired) electrons. The van der Waals surface area contributed by atoms with Crippen molar-refractivity contribution in [3.05, 3.63) is 69.1 Å². The highest BCUT2D eigenvalue weighted by molar-refractivity contribution is 6.30. The summed E-state index contributed by atoms with van der Waals surface area (Å²) < 4.78 is 6.69. The van der Waals surface area contributed by atoms with Gasteiger partial charge in [0.25, 0.3) is 11.5 Å². The van der Waals surface area contributed by atoms with E-state index < -0.39 is 0 Å². The van der Waals surface area contributed by atoms with Crippen LogP contribution in [-0.4, -0.2) is 29.7 Å². The number of hydrogen-bond donors (Lipinski definition) is 1. The Kier molecular flexibility index (Phi) is 5.56. The van der Waals surface area contributed by atoms with Crippen molar-refractivity contribution in [2.75, 3.05) is 13.2 Å². The van der Waals surface area contributed by atoms with Crippen LogP contribution in [0, 0.1) is 0 Å². The van der Waals surface area contributed by atoms with Gasteiger partial charge in [0.05, 0.1) is 12.2 Å². The highest BCUT2D eigenvalue weighted by Crippen LogP contribution is 2.40. The molecule has 1 aromatic carbocycles. The number of aromatic nitrogens is 1. The number of benzene rings is 1. The molecule has 132 valence electrons. The normalized spacial score (nSPS) is 18.8. The van der Waals surface area contributed by atoms with Crippen LogP contribution in [0.25, 0.3) is 0 Å². The molecule has 3 rings (SSSR count). The monoisotopic (exact) mass is 360 g/mol. The number of carbonyl (C=O) groups excluding carboxylic acids is 1. The minimum atomic E-state index is -0.313. The molecule has 0 unspecified atom stereocenters. The summed E-state index contributed by atoms with van der Waals surface area (Å²) in [5.41, 5.74) is 1.30. The van der Waals surface area contributed by atoms with Crippen LogP contribution in [0.3, 0.4) is 0 Å². The van der Waals surface area contributed by atoms with Crippen LogP contribution in [0.5, 0.6) is 0 Å². The Morgan fingerprint density at radius 3 is 2.84 bits per heavy atom. The lowest BCUT2D eigenvalue weighted by atomic mass is 10.1. The number of amides is 1. The third-order valence-electron chi connectivity index (χ3n) is 4.32. The smallest absolute Gasteiger partial charge is 0.269 e. The van der Waals surface area contributed by atoms with Crippen molar-refractivity contribution in [3.8, 4) is 0 Å². The quantitative estimate of drug-likeness (QED) is 0.772. The fraction of sp³-hybridized carbons (Fsp3) is 0.368. The maximum atomic E-state index is 12.5. The number of rotatable bonds is 7. The number of nitrogens with one attached hydrogen (secondary N) is 1. The van der Waals surface area contributed by atoms with Crippen LogP contribution in [0.15, 0.2) is 47.4 Å². The van der Waals surface area contributed by atoms with Gasteiger partial charge in [-0.25, -0.2) is 0 Å². The van der Waals surface area contributed by atoms with E-state index in [9.17, 15) is 9.59 Å². The molecule has 1 aliphatic carbocycles. The minimum Gasteiger partial charge on any atom is -0.380 e. The van der Waals surface area contributed by atoms with Gasteiger partial charge >= 0.3 is 0 Å². The van der Waals surface area contributed by atoms with Gasteiger partial charge < -0.3 is 14.6 Å². The number of pyridine rings is 1. The average Bonchev–Trinajstić information content (AvgIpc) is 3.38. The van der Waals surface area contributed by atoms with Crippen molar-refractivity contribution in [1.29, 1.82) is 0 Å². The molecular weight excluding hydrogens is 340 g/mol. The van der Waals surface area contributed by atoms with Crippen molar-refractivity contribution >= 4 is 17.5 Å². The van der Waals surface area contributed by atoms with Crippen molar-refractivity contribution in [1.82, 2.24) is 9.88 Å². The number of nitrogens with zero attached hydrogens (tertiary/aromatic N) is 1. The highest BCUT2D eigenvalue weighted by Gasteiger charge is 2.39. The van der Waals surface area contributed by atoms with Gasteiger partial charge in [-0.2, -0.15) is 0 Å². The molecule has 0 saturated heterocycles. The van der Waals surface area contributed by atoms with Gasteiger partial charge in [0, 0.05) is 31.3 Å². The van der Waals surface area contributed by atoms with Gasteiger partial charge in [-0.15, -0.1) is 0 Å². The Balaban J connectivity index is 1.67. The minimum absolute atomic E-state index is 0.0413. The zero-order chi connectivity index (χ0) is 17.8. The van der Waals surface area contributed by atoms with Gasteiger partial charge in [-0.1, -0.05) is 41.9 Å². The van der Waals surface area contributed by atoms with E-state index in [4.69, 9.17) is 16.3 Å². The molecule has 25 heavy (non-hydrogen) atoms. The van der Waals surface area contributed by atoms with Gasteiger partial charge in [-0.3, -0.25) is 9.59 Å². The predicted octanol–water partition coefficient (Wildman–Crippen LogP) is 2.82. The second-order valence-electron chi connectivity index (χ2n) is 6.11. The van der Waals surface area contributed by atoms with Crippen LogP contribution in [0.2, 0.25) is 5.02 Å². The summed E-state index contributed by atoms with van der Waals surface area (Å²) in [6.07, 6.45) is 2.47. The first-order valence-electron chi connectivity index (χ1n) is 8.43. The third-order valence-corrected chi connectivity index (χ3v) is 4.59. The van der Waals surface area contributed by atoms with E-state index in [0.717, 1.165) is 6.42 Å². The van der Waals surface area contributed by atoms with Crippen LogP contribution < -0.4 is 10.9 Å². The molecule has 1 amide bonds. The fourth-order valence-corrected chi connectivity index (χ4v) is 3.10. The zero-order valence-electron chi connectivity index (χ0n) is 14.1. The van der Waals surface area contributed by atoms with Crippen molar-refractivity contribution in [2.24, 2.45) is 0 Å². The Morgan fingerprint density at radius 2 is 2.12 bits per heavy atom. The molecule has 1 aliphatic rings. The second kappa shape index (κ2) is 7.85. The van der Waals surface area contributed by atoms with E-state index in [2.05, 4.69) is 17.4 Å². The van der Waals surface area contributed by atoms with E-state index in [-0.39, 0.29) is 22.5 Å². The summed E-state index contributed by atoms with van der Waals surface area (Å²) in [4.78, 5) is 24.6. The number of halogens is 1. The van der Waals surface area contributed by atoms with Crippen LogP contribution in [-0.2, 0) is 11.3 Å². The summed E-state index contributed by atoms with van der Waals surface area (Å²) in [6.45, 7) is 3.23. The molecule has 2 aromatic rings.